The van der Waals surface area contributed by atoms with Crippen molar-refractivity contribution in [3.8, 4) is 0 Å². The predicted octanol–water partition coefficient (Wildman–Crippen LogP) is 2.33. The quantitative estimate of drug-likeness (QED) is 0.553. The second-order valence-electron chi connectivity index (χ2n) is 5.76. The molecule has 0 saturated heterocycles. The number of rotatable bonds is 6. The van der Waals surface area contributed by atoms with Gasteiger partial charge in [0.25, 0.3) is 0 Å². The van der Waals surface area contributed by atoms with Gasteiger partial charge in [0.15, 0.2) is 0 Å². The Balaban J connectivity index is 2.41. The number of carbonyl (C=O) groups is 2. The Morgan fingerprint density at radius 1 is 1.32 bits per heavy atom. The van der Waals surface area contributed by atoms with Crippen LogP contribution in [-0.2, 0) is 9.59 Å². The Morgan fingerprint density at radius 3 is 2.59 bits per heavy atom. The Hall–Kier alpha value is -1.66. The van der Waals surface area contributed by atoms with Crippen LogP contribution < -0.4 is 10.6 Å². The van der Waals surface area contributed by atoms with Gasteiger partial charge in [0, 0.05) is 13.2 Å². The normalized spacial score (nSPS) is 11.1. The molecule has 122 valence electrons. The molecule has 22 heavy (non-hydrogen) atoms. The molecule has 0 radical (unpaired) electrons. The molecule has 0 aliphatic rings. The summed E-state index contributed by atoms with van der Waals surface area (Å²) in [7, 11) is 0. The van der Waals surface area contributed by atoms with Crippen molar-refractivity contribution in [3.63, 3.8) is 0 Å². The molecule has 0 aromatic heterocycles. The molecule has 7 heteroatoms. The third-order valence-electron chi connectivity index (χ3n) is 3.13. The van der Waals surface area contributed by atoms with E-state index in [-0.39, 0.29) is 22.7 Å². The van der Waals surface area contributed by atoms with Gasteiger partial charge in [-0.05, 0) is 36.5 Å². The van der Waals surface area contributed by atoms with Gasteiger partial charge in [0.1, 0.15) is 5.82 Å². The zero-order chi connectivity index (χ0) is 16.8. The van der Waals surface area contributed by atoms with E-state index >= 15 is 0 Å². The van der Waals surface area contributed by atoms with Crippen molar-refractivity contribution in [1.82, 2.24) is 5.32 Å². The Labute approximate surface area is 133 Å². The number of halogens is 2. The molecule has 0 aliphatic carbocycles. The van der Waals surface area contributed by atoms with Crippen molar-refractivity contribution in [2.24, 2.45) is 5.41 Å². The number of aliphatic hydroxyl groups is 1. The summed E-state index contributed by atoms with van der Waals surface area (Å²) in [6.07, 6.45) is 1.36. The Kier molecular flexibility index (Phi) is 6.77. The Morgan fingerprint density at radius 2 is 2.00 bits per heavy atom. The average molecular weight is 331 g/mol. The van der Waals surface area contributed by atoms with Crippen LogP contribution in [0.25, 0.3) is 0 Å². The van der Waals surface area contributed by atoms with Crippen LogP contribution in [0, 0.1) is 11.2 Å². The van der Waals surface area contributed by atoms with Crippen LogP contribution in [0.3, 0.4) is 0 Å². The second kappa shape index (κ2) is 8.10. The molecule has 0 unspecified atom stereocenters. The summed E-state index contributed by atoms with van der Waals surface area (Å²) in [6, 6.07) is 3.47. The van der Waals surface area contributed by atoms with E-state index in [0.29, 0.717) is 13.0 Å². The maximum Gasteiger partial charge on any atom is 0.313 e. The number of hydrogen-bond donors (Lipinski definition) is 3. The highest BCUT2D eigenvalue weighted by molar-refractivity contribution is 6.41. The highest BCUT2D eigenvalue weighted by Crippen LogP contribution is 2.22. The number of amides is 2. The third-order valence-corrected chi connectivity index (χ3v) is 3.44. The van der Waals surface area contributed by atoms with Gasteiger partial charge in [-0.2, -0.15) is 0 Å². The first kappa shape index (κ1) is 18.4. The van der Waals surface area contributed by atoms with E-state index in [2.05, 4.69) is 10.6 Å². The van der Waals surface area contributed by atoms with Crippen LogP contribution in [0.5, 0.6) is 0 Å². The van der Waals surface area contributed by atoms with Crippen LogP contribution in [0.4, 0.5) is 10.1 Å². The minimum absolute atomic E-state index is 0.0193. The lowest BCUT2D eigenvalue weighted by molar-refractivity contribution is -0.136. The fraction of sp³-hybridized carbons (Fsp3) is 0.467. The molecule has 1 aromatic carbocycles. The van der Waals surface area contributed by atoms with Gasteiger partial charge < -0.3 is 15.7 Å². The first-order chi connectivity index (χ1) is 10.2. The van der Waals surface area contributed by atoms with Crippen LogP contribution in [-0.4, -0.2) is 30.1 Å². The number of aliphatic hydroxyl groups excluding tert-OH is 1. The molecule has 0 spiro atoms. The minimum Gasteiger partial charge on any atom is -0.396 e. The van der Waals surface area contributed by atoms with Crippen molar-refractivity contribution in [2.75, 3.05) is 18.5 Å². The lowest BCUT2D eigenvalue weighted by Gasteiger charge is -2.21. The second-order valence-corrected chi connectivity index (χ2v) is 6.17. The molecule has 3 N–H and O–H groups in total. The Bertz CT molecular complexity index is 550. The standard InChI is InChI=1S/C15H20ClFN2O3/c1-15(2,9-20)6-3-7-18-13(21)14(22)19-12-5-4-10(17)8-11(12)16/h4-5,8,20H,3,6-7,9H2,1-2H3,(H,18,21)(H,19,22). The summed E-state index contributed by atoms with van der Waals surface area (Å²) in [4.78, 5) is 23.3. The summed E-state index contributed by atoms with van der Waals surface area (Å²) >= 11 is 5.76. The molecule has 0 heterocycles. The number of anilines is 1. The van der Waals surface area contributed by atoms with Gasteiger partial charge in [-0.15, -0.1) is 0 Å². The number of nitrogens with one attached hydrogen (secondary N) is 2. The van der Waals surface area contributed by atoms with Gasteiger partial charge in [0.05, 0.1) is 10.7 Å². The van der Waals surface area contributed by atoms with Crippen molar-refractivity contribution < 1.29 is 19.1 Å². The first-order valence-electron chi connectivity index (χ1n) is 6.90. The zero-order valence-corrected chi connectivity index (χ0v) is 13.3. The van der Waals surface area contributed by atoms with Crippen LogP contribution in [0.15, 0.2) is 18.2 Å². The summed E-state index contributed by atoms with van der Waals surface area (Å²) in [6.45, 7) is 4.22. The number of benzene rings is 1. The lowest BCUT2D eigenvalue weighted by Crippen LogP contribution is -2.36. The summed E-state index contributed by atoms with van der Waals surface area (Å²) in [5.41, 5.74) is -0.0427. The van der Waals surface area contributed by atoms with E-state index in [1.165, 1.54) is 6.07 Å². The molecular weight excluding hydrogens is 311 g/mol. The molecule has 5 nitrogen and oxygen atoms in total. The number of hydrogen-bond acceptors (Lipinski definition) is 3. The van der Waals surface area contributed by atoms with Crippen molar-refractivity contribution in [2.45, 2.75) is 26.7 Å². The predicted molar refractivity (Wildman–Crippen MR) is 83.2 cm³/mol. The van der Waals surface area contributed by atoms with Gasteiger partial charge in [0.2, 0.25) is 0 Å². The third kappa shape index (κ3) is 5.99. The van der Waals surface area contributed by atoms with E-state index in [1.54, 1.807) is 0 Å². The zero-order valence-electron chi connectivity index (χ0n) is 12.6. The maximum absolute atomic E-state index is 12.9. The van der Waals surface area contributed by atoms with Crippen molar-refractivity contribution in [1.29, 1.82) is 0 Å². The maximum atomic E-state index is 12.9. The molecule has 1 aromatic rings. The molecule has 0 fully saturated rings. The fourth-order valence-corrected chi connectivity index (χ4v) is 1.91. The largest absolute Gasteiger partial charge is 0.396 e. The molecule has 0 saturated carbocycles. The van der Waals surface area contributed by atoms with E-state index in [4.69, 9.17) is 16.7 Å². The highest BCUT2D eigenvalue weighted by atomic mass is 35.5. The molecule has 0 aliphatic heterocycles. The van der Waals surface area contributed by atoms with E-state index in [9.17, 15) is 14.0 Å². The van der Waals surface area contributed by atoms with E-state index in [1.807, 2.05) is 13.8 Å². The summed E-state index contributed by atoms with van der Waals surface area (Å²) in [5.74, 6) is -2.18. The van der Waals surface area contributed by atoms with Crippen molar-refractivity contribution >= 4 is 29.1 Å². The smallest absolute Gasteiger partial charge is 0.313 e. The van der Waals surface area contributed by atoms with Crippen LogP contribution in [0.1, 0.15) is 26.7 Å². The summed E-state index contributed by atoms with van der Waals surface area (Å²) in [5, 5.41) is 13.9. The van der Waals surface area contributed by atoms with Crippen molar-refractivity contribution in [3.05, 3.63) is 29.0 Å². The highest BCUT2D eigenvalue weighted by Gasteiger charge is 2.17. The molecule has 0 atom stereocenters. The molecule has 2 amide bonds. The minimum atomic E-state index is -0.866. The average Bonchev–Trinajstić information content (AvgIpc) is 2.46. The monoisotopic (exact) mass is 330 g/mol. The molecule has 1 rings (SSSR count). The topological polar surface area (TPSA) is 78.4 Å². The molecule has 0 bridgehead atoms. The first-order valence-corrected chi connectivity index (χ1v) is 7.28. The number of carbonyl (C=O) groups excluding carboxylic acids is 2. The van der Waals surface area contributed by atoms with Crippen LogP contribution >= 0.6 is 11.6 Å². The summed E-state index contributed by atoms with van der Waals surface area (Å²) < 4.78 is 12.9. The van der Waals surface area contributed by atoms with E-state index in [0.717, 1.165) is 18.6 Å². The van der Waals surface area contributed by atoms with Gasteiger partial charge in [-0.25, -0.2) is 4.39 Å². The lowest BCUT2D eigenvalue weighted by atomic mass is 9.89. The van der Waals surface area contributed by atoms with Crippen LogP contribution in [0.2, 0.25) is 5.02 Å². The fourth-order valence-electron chi connectivity index (χ4n) is 1.70. The van der Waals surface area contributed by atoms with Gasteiger partial charge in [-0.1, -0.05) is 25.4 Å². The van der Waals surface area contributed by atoms with Gasteiger partial charge >= 0.3 is 11.8 Å². The van der Waals surface area contributed by atoms with Gasteiger partial charge in [-0.3, -0.25) is 9.59 Å². The molecular formula is C15H20ClFN2O3. The SMILES string of the molecule is CC(C)(CO)CCCNC(=O)C(=O)Nc1ccc(F)cc1Cl. The van der Waals surface area contributed by atoms with E-state index < -0.39 is 17.6 Å².